The average Bonchev–Trinajstić information content (AvgIpc) is 3.13. The maximum Gasteiger partial charge on any atom is 0.315 e. The van der Waals surface area contributed by atoms with Gasteiger partial charge in [-0.15, -0.1) is 11.8 Å². The summed E-state index contributed by atoms with van der Waals surface area (Å²) in [5.41, 5.74) is 7.06. The van der Waals surface area contributed by atoms with Crippen LogP contribution in [0.25, 0.3) is 11.1 Å². The van der Waals surface area contributed by atoms with Crippen LogP contribution in [0.15, 0.2) is 138 Å². The first-order valence-electron chi connectivity index (χ1n) is 15.6. The maximum atomic E-state index is 12.4. The van der Waals surface area contributed by atoms with Gasteiger partial charge in [0.2, 0.25) is 0 Å². The Balaban J connectivity index is 1.15. The molecular weight excluding hydrogens is 593 g/mol. The van der Waals surface area contributed by atoms with E-state index in [-0.39, 0.29) is 24.8 Å². The monoisotopic (exact) mass is 630 g/mol. The molecule has 1 fully saturated rings. The molecule has 0 radical (unpaired) electrons. The van der Waals surface area contributed by atoms with Crippen LogP contribution in [0, 0.1) is 0 Å². The van der Waals surface area contributed by atoms with E-state index in [1.165, 1.54) is 4.90 Å². The summed E-state index contributed by atoms with van der Waals surface area (Å²) < 4.78 is 13.2. The molecule has 0 aliphatic carbocycles. The zero-order valence-electron chi connectivity index (χ0n) is 25.5. The summed E-state index contributed by atoms with van der Waals surface area (Å²) in [4.78, 5) is 13.6. The highest BCUT2D eigenvalue weighted by atomic mass is 32.2. The number of rotatable bonds is 11. The first-order valence-corrected chi connectivity index (χ1v) is 16.5. The highest BCUT2D eigenvalue weighted by Crippen LogP contribution is 2.40. The highest BCUT2D eigenvalue weighted by Gasteiger charge is 2.32. The Hall–Kier alpha value is -4.40. The van der Waals surface area contributed by atoms with E-state index in [1.807, 2.05) is 78.9 Å². The highest BCUT2D eigenvalue weighted by molar-refractivity contribution is 7.99. The van der Waals surface area contributed by atoms with E-state index in [2.05, 4.69) is 65.2 Å². The molecule has 0 unspecified atom stereocenters. The van der Waals surface area contributed by atoms with Crippen LogP contribution in [0.2, 0.25) is 0 Å². The molecule has 7 heteroatoms. The summed E-state index contributed by atoms with van der Waals surface area (Å²) in [7, 11) is 0. The predicted octanol–water partition coefficient (Wildman–Crippen LogP) is 8.18. The van der Waals surface area contributed by atoms with Crippen LogP contribution < -0.4 is 10.6 Å². The van der Waals surface area contributed by atoms with Gasteiger partial charge in [0, 0.05) is 35.7 Å². The van der Waals surface area contributed by atoms with Gasteiger partial charge in [0.05, 0.1) is 18.8 Å². The molecule has 3 N–H and O–H groups in total. The van der Waals surface area contributed by atoms with Gasteiger partial charge in [-0.1, -0.05) is 109 Å². The zero-order chi connectivity index (χ0) is 31.6. The van der Waals surface area contributed by atoms with Gasteiger partial charge in [-0.05, 0) is 57.6 Å². The van der Waals surface area contributed by atoms with Crippen LogP contribution in [0.1, 0.15) is 46.6 Å². The Kier molecular flexibility index (Phi) is 10.8. The van der Waals surface area contributed by atoms with Crippen LogP contribution in [-0.4, -0.2) is 23.0 Å². The smallest absolute Gasteiger partial charge is 0.315 e. The lowest BCUT2D eigenvalue weighted by molar-refractivity contribution is -0.245. The number of hydrogen-bond donors (Lipinski definition) is 3. The molecule has 6 nitrogen and oxygen atoms in total. The van der Waals surface area contributed by atoms with Gasteiger partial charge >= 0.3 is 6.03 Å². The van der Waals surface area contributed by atoms with Gasteiger partial charge in [0.15, 0.2) is 6.29 Å². The van der Waals surface area contributed by atoms with E-state index in [0.29, 0.717) is 13.1 Å². The number of aliphatic hydroxyl groups excluding tert-OH is 1. The molecule has 0 spiro atoms. The van der Waals surface area contributed by atoms with Crippen molar-refractivity contribution in [1.29, 1.82) is 0 Å². The van der Waals surface area contributed by atoms with Crippen LogP contribution in [0.5, 0.6) is 0 Å². The minimum atomic E-state index is -0.532. The van der Waals surface area contributed by atoms with Gasteiger partial charge in [-0.2, -0.15) is 0 Å². The second-order valence-corrected chi connectivity index (χ2v) is 12.4. The molecule has 3 atom stereocenters. The molecule has 5 aromatic rings. The third kappa shape index (κ3) is 8.65. The molecule has 234 valence electrons. The number of carbonyl (C=O) groups is 1. The second kappa shape index (κ2) is 15.7. The Bertz CT molecular complexity index is 1700. The number of ether oxygens (including phenoxy) is 2. The van der Waals surface area contributed by atoms with Crippen LogP contribution in [-0.2, 0) is 29.2 Å². The van der Waals surface area contributed by atoms with E-state index in [1.54, 1.807) is 11.8 Å². The van der Waals surface area contributed by atoms with Crippen molar-refractivity contribution in [2.45, 2.75) is 49.5 Å². The summed E-state index contributed by atoms with van der Waals surface area (Å²) in [5, 5.41) is 15.4. The number of urea groups is 1. The van der Waals surface area contributed by atoms with Gasteiger partial charge < -0.3 is 25.2 Å². The van der Waals surface area contributed by atoms with Crippen molar-refractivity contribution in [1.82, 2.24) is 10.6 Å². The van der Waals surface area contributed by atoms with Crippen molar-refractivity contribution in [2.75, 3.05) is 5.75 Å². The normalized spacial score (nSPS) is 17.7. The third-order valence-corrected chi connectivity index (χ3v) is 9.11. The number of nitrogens with one attached hydrogen (secondary N) is 2. The molecule has 2 amide bonds. The molecule has 0 saturated carbocycles. The van der Waals surface area contributed by atoms with Crippen molar-refractivity contribution in [3.63, 3.8) is 0 Å². The molecule has 6 rings (SSSR count). The fourth-order valence-electron chi connectivity index (χ4n) is 5.48. The summed E-state index contributed by atoms with van der Waals surface area (Å²) in [6, 6.07) is 44.5. The number of benzene rings is 5. The number of hydrogen-bond acceptors (Lipinski definition) is 5. The number of carbonyl (C=O) groups excluding carboxylic acids is 1. The number of thioether (sulfide) groups is 1. The first kappa shape index (κ1) is 31.6. The van der Waals surface area contributed by atoms with Crippen LogP contribution >= 0.6 is 11.8 Å². The van der Waals surface area contributed by atoms with E-state index in [0.717, 1.165) is 51.1 Å². The Morgan fingerprint density at radius 1 is 0.674 bits per heavy atom. The molecule has 1 aliphatic heterocycles. The van der Waals surface area contributed by atoms with Crippen molar-refractivity contribution in [3.8, 4) is 11.1 Å². The predicted molar refractivity (Wildman–Crippen MR) is 183 cm³/mol. The van der Waals surface area contributed by atoms with Gasteiger partial charge in [0.25, 0.3) is 0 Å². The summed E-state index contributed by atoms with van der Waals surface area (Å²) in [6.45, 7) is 0.908. The summed E-state index contributed by atoms with van der Waals surface area (Å²) in [5.74, 6) is 0.808. The fourth-order valence-corrected chi connectivity index (χ4v) is 6.42. The third-order valence-electron chi connectivity index (χ3n) is 7.96. The lowest BCUT2D eigenvalue weighted by Gasteiger charge is -2.36. The maximum absolute atomic E-state index is 12.4. The fraction of sp³-hybridized carbons (Fsp3) is 0.205. The Labute approximate surface area is 274 Å². The molecule has 1 saturated heterocycles. The minimum absolute atomic E-state index is 0.0133. The molecule has 1 aliphatic rings. The second-order valence-electron chi connectivity index (χ2n) is 11.3. The SMILES string of the molecule is O=C(NCc1ccccc1)NCc1cccc(-c2cccc([C@@H]3O[C@H](CSc4ccccc4)C[C@H](c4ccc(CO)cc4)O3)c2)c1. The first-order chi connectivity index (χ1) is 22.6. The molecule has 0 bridgehead atoms. The number of aliphatic hydroxyl groups is 1. The standard InChI is InChI=1S/C39H38N2O4S/c42-26-29-17-19-31(20-18-29)37-23-35(27-46-36-15-5-2-6-16-36)44-38(45-37)34-14-8-13-33(22-34)32-12-7-11-30(21-32)25-41-39(43)40-24-28-9-3-1-4-10-28/h1-22,35,37-38,42H,23-27H2,(H2,40,41,43)/t35-,37+,38+/m0/s1. The average molecular weight is 631 g/mol. The largest absolute Gasteiger partial charge is 0.392 e. The van der Waals surface area contributed by atoms with Gasteiger partial charge in [-0.25, -0.2) is 4.79 Å². The molecule has 1 heterocycles. The number of amides is 2. The molecule has 0 aromatic heterocycles. The van der Waals surface area contributed by atoms with E-state index >= 15 is 0 Å². The molecule has 5 aromatic carbocycles. The van der Waals surface area contributed by atoms with E-state index in [9.17, 15) is 9.90 Å². The molecular formula is C39H38N2O4S. The lowest BCUT2D eigenvalue weighted by Crippen LogP contribution is -2.34. The van der Waals surface area contributed by atoms with Crippen molar-refractivity contribution in [3.05, 3.63) is 161 Å². The van der Waals surface area contributed by atoms with Crippen LogP contribution in [0.3, 0.4) is 0 Å². The molecule has 46 heavy (non-hydrogen) atoms. The summed E-state index contributed by atoms with van der Waals surface area (Å²) in [6.07, 6.45) is 0.0509. The minimum Gasteiger partial charge on any atom is -0.392 e. The van der Waals surface area contributed by atoms with E-state index in [4.69, 9.17) is 9.47 Å². The zero-order valence-corrected chi connectivity index (χ0v) is 26.4. The Morgan fingerprint density at radius 3 is 2.07 bits per heavy atom. The van der Waals surface area contributed by atoms with Crippen LogP contribution in [0.4, 0.5) is 4.79 Å². The van der Waals surface area contributed by atoms with E-state index < -0.39 is 6.29 Å². The summed E-state index contributed by atoms with van der Waals surface area (Å²) >= 11 is 1.79. The lowest BCUT2D eigenvalue weighted by atomic mass is 9.99. The van der Waals surface area contributed by atoms with Gasteiger partial charge in [-0.3, -0.25) is 0 Å². The Morgan fingerprint density at radius 2 is 1.33 bits per heavy atom. The van der Waals surface area contributed by atoms with Gasteiger partial charge in [0.1, 0.15) is 0 Å². The quantitative estimate of drug-likeness (QED) is 0.128. The van der Waals surface area contributed by atoms with Crippen molar-refractivity contribution in [2.24, 2.45) is 0 Å². The van der Waals surface area contributed by atoms with Crippen molar-refractivity contribution < 1.29 is 19.4 Å². The topological polar surface area (TPSA) is 79.8 Å². The van der Waals surface area contributed by atoms with Crippen molar-refractivity contribution >= 4 is 17.8 Å².